The Kier molecular flexibility index (Phi) is 5.61. The Balaban J connectivity index is 1.46. The molecule has 7 heteroatoms. The van der Waals surface area contributed by atoms with Gasteiger partial charge in [0.05, 0.1) is 12.4 Å². The van der Waals surface area contributed by atoms with Crippen LogP contribution in [0.3, 0.4) is 0 Å². The van der Waals surface area contributed by atoms with Gasteiger partial charge in [0, 0.05) is 31.7 Å². The maximum absolute atomic E-state index is 13.2. The zero-order valence-electron chi connectivity index (χ0n) is 16.5. The van der Waals surface area contributed by atoms with Crippen LogP contribution in [0.25, 0.3) is 0 Å². The third-order valence-corrected chi connectivity index (χ3v) is 8.34. The first-order valence-corrected chi connectivity index (χ1v) is 11.5. The first kappa shape index (κ1) is 19.9. The molecule has 2 aliphatic heterocycles. The minimum absolute atomic E-state index is 0.0174. The van der Waals surface area contributed by atoms with Gasteiger partial charge in [-0.15, -0.1) is 0 Å². The van der Waals surface area contributed by atoms with Crippen LogP contribution in [-0.4, -0.2) is 55.5 Å². The standard InChI is InChI=1S/C22H26N2O4S/c1-28-20-9-5-6-17(14-20)15-24-16-19-10-12-23(13-11-21(19)29(24,26)27)22(25)18-7-3-2-4-8-18/h2-9,14,19,21H,10-13,15-16H2,1H3/t19-,21-/m0/s1. The predicted molar refractivity (Wildman–Crippen MR) is 111 cm³/mol. The molecule has 2 atom stereocenters. The van der Waals surface area contributed by atoms with Gasteiger partial charge in [-0.2, -0.15) is 4.31 Å². The van der Waals surface area contributed by atoms with Gasteiger partial charge < -0.3 is 9.64 Å². The van der Waals surface area contributed by atoms with Crippen LogP contribution in [0.5, 0.6) is 5.75 Å². The van der Waals surface area contributed by atoms with Crippen LogP contribution in [-0.2, 0) is 16.6 Å². The van der Waals surface area contributed by atoms with E-state index in [-0.39, 0.29) is 11.8 Å². The molecule has 2 aromatic rings. The maximum Gasteiger partial charge on any atom is 0.253 e. The zero-order valence-corrected chi connectivity index (χ0v) is 17.3. The van der Waals surface area contributed by atoms with Gasteiger partial charge >= 0.3 is 0 Å². The summed E-state index contributed by atoms with van der Waals surface area (Å²) in [5, 5.41) is -0.415. The molecule has 2 fully saturated rings. The molecule has 2 saturated heterocycles. The Labute approximate surface area is 172 Å². The molecule has 6 nitrogen and oxygen atoms in total. The molecule has 29 heavy (non-hydrogen) atoms. The number of benzene rings is 2. The molecule has 4 rings (SSSR count). The van der Waals surface area contributed by atoms with E-state index in [1.165, 1.54) is 0 Å². The van der Waals surface area contributed by atoms with Crippen LogP contribution in [0, 0.1) is 5.92 Å². The van der Waals surface area contributed by atoms with Crippen LogP contribution in [0.4, 0.5) is 0 Å². The van der Waals surface area contributed by atoms with Crippen molar-refractivity contribution in [2.75, 3.05) is 26.7 Å². The summed E-state index contributed by atoms with van der Waals surface area (Å²) in [4.78, 5) is 14.6. The van der Waals surface area contributed by atoms with E-state index in [4.69, 9.17) is 4.74 Å². The van der Waals surface area contributed by atoms with Crippen molar-refractivity contribution in [3.05, 3.63) is 65.7 Å². The molecule has 0 aromatic heterocycles. The number of rotatable bonds is 4. The Morgan fingerprint density at radius 2 is 1.83 bits per heavy atom. The lowest BCUT2D eigenvalue weighted by Gasteiger charge is -2.22. The van der Waals surface area contributed by atoms with Gasteiger partial charge in [-0.05, 0) is 48.6 Å². The summed E-state index contributed by atoms with van der Waals surface area (Å²) in [6.45, 7) is 1.94. The summed E-state index contributed by atoms with van der Waals surface area (Å²) >= 11 is 0. The fourth-order valence-corrected chi connectivity index (χ4v) is 6.61. The minimum atomic E-state index is -3.39. The van der Waals surface area contributed by atoms with E-state index in [0.29, 0.717) is 44.6 Å². The highest BCUT2D eigenvalue weighted by Crippen LogP contribution is 2.35. The lowest BCUT2D eigenvalue weighted by atomic mass is 10.0. The van der Waals surface area contributed by atoms with Gasteiger partial charge in [0.15, 0.2) is 0 Å². The average molecular weight is 415 g/mol. The van der Waals surface area contributed by atoms with Crippen molar-refractivity contribution in [1.29, 1.82) is 0 Å². The Morgan fingerprint density at radius 3 is 2.59 bits per heavy atom. The molecule has 2 aromatic carbocycles. The molecule has 2 aliphatic rings. The van der Waals surface area contributed by atoms with Crippen molar-refractivity contribution >= 4 is 15.9 Å². The monoisotopic (exact) mass is 414 g/mol. The van der Waals surface area contributed by atoms with Crippen LogP contribution < -0.4 is 4.74 Å². The van der Waals surface area contributed by atoms with Crippen LogP contribution >= 0.6 is 0 Å². The summed E-state index contributed by atoms with van der Waals surface area (Å²) in [5.41, 5.74) is 1.58. The number of carbonyl (C=O) groups excluding carboxylic acids is 1. The molecule has 0 N–H and O–H groups in total. The molecule has 0 unspecified atom stereocenters. The van der Waals surface area contributed by atoms with E-state index in [0.717, 1.165) is 11.3 Å². The van der Waals surface area contributed by atoms with Crippen molar-refractivity contribution < 1.29 is 17.9 Å². The Hall–Kier alpha value is -2.38. The smallest absolute Gasteiger partial charge is 0.253 e. The summed E-state index contributed by atoms with van der Waals surface area (Å²) in [6, 6.07) is 16.7. The van der Waals surface area contributed by atoms with E-state index < -0.39 is 15.3 Å². The van der Waals surface area contributed by atoms with Crippen molar-refractivity contribution in [1.82, 2.24) is 9.21 Å². The van der Waals surface area contributed by atoms with Gasteiger partial charge in [-0.25, -0.2) is 8.42 Å². The lowest BCUT2D eigenvalue weighted by Crippen LogP contribution is -2.34. The first-order valence-electron chi connectivity index (χ1n) is 9.95. The topological polar surface area (TPSA) is 66.9 Å². The summed E-state index contributed by atoms with van der Waals surface area (Å²) in [5.74, 6) is 0.763. The maximum atomic E-state index is 13.2. The normalized spacial score (nSPS) is 24.0. The third-order valence-electron chi connectivity index (χ3n) is 5.96. The highest BCUT2D eigenvalue weighted by atomic mass is 32.2. The second-order valence-corrected chi connectivity index (χ2v) is 9.87. The number of likely N-dealkylation sites (tertiary alicyclic amines) is 1. The fourth-order valence-electron chi connectivity index (χ4n) is 4.39. The SMILES string of the molecule is COc1cccc(CN2C[C@@H]3CCN(C(=O)c4ccccc4)CC[C@@H]3S2(=O)=O)c1. The minimum Gasteiger partial charge on any atom is -0.497 e. The van der Waals surface area contributed by atoms with Crippen molar-refractivity contribution in [3.63, 3.8) is 0 Å². The fraction of sp³-hybridized carbons (Fsp3) is 0.409. The van der Waals surface area contributed by atoms with E-state index in [2.05, 4.69) is 0 Å². The van der Waals surface area contributed by atoms with Crippen molar-refractivity contribution in [2.24, 2.45) is 5.92 Å². The quantitative estimate of drug-likeness (QED) is 0.772. The summed E-state index contributed by atoms with van der Waals surface area (Å²) < 4.78 is 33.2. The number of hydrogen-bond donors (Lipinski definition) is 0. The van der Waals surface area contributed by atoms with Gasteiger partial charge in [0.25, 0.3) is 5.91 Å². The van der Waals surface area contributed by atoms with Gasteiger partial charge in [-0.1, -0.05) is 30.3 Å². The summed E-state index contributed by atoms with van der Waals surface area (Å²) in [7, 11) is -1.78. The molecule has 0 radical (unpaired) electrons. The molecular weight excluding hydrogens is 388 g/mol. The number of nitrogens with zero attached hydrogens (tertiary/aromatic N) is 2. The van der Waals surface area contributed by atoms with Crippen molar-refractivity contribution in [3.8, 4) is 5.75 Å². The third kappa shape index (κ3) is 4.02. The second-order valence-electron chi connectivity index (χ2n) is 7.72. The molecule has 1 amide bonds. The number of carbonyl (C=O) groups is 1. The molecular formula is C22H26N2O4S. The molecule has 0 saturated carbocycles. The first-order chi connectivity index (χ1) is 14.0. The predicted octanol–water partition coefficient (Wildman–Crippen LogP) is 2.76. The number of sulfonamides is 1. The molecule has 154 valence electrons. The molecule has 0 bridgehead atoms. The van der Waals surface area contributed by atoms with E-state index in [1.54, 1.807) is 28.4 Å². The highest BCUT2D eigenvalue weighted by molar-refractivity contribution is 7.90. The molecule has 2 heterocycles. The van der Waals surface area contributed by atoms with Crippen LogP contribution in [0.1, 0.15) is 28.8 Å². The zero-order chi connectivity index (χ0) is 20.4. The van der Waals surface area contributed by atoms with E-state index in [9.17, 15) is 13.2 Å². The highest BCUT2D eigenvalue weighted by Gasteiger charge is 2.47. The van der Waals surface area contributed by atoms with E-state index in [1.807, 2.05) is 42.5 Å². The Bertz CT molecular complexity index is 977. The number of ether oxygens (including phenoxy) is 1. The van der Waals surface area contributed by atoms with E-state index >= 15 is 0 Å². The number of fused-ring (bicyclic) bond motifs is 1. The molecule has 0 aliphatic carbocycles. The van der Waals surface area contributed by atoms with Crippen molar-refractivity contribution in [2.45, 2.75) is 24.6 Å². The Morgan fingerprint density at radius 1 is 1.07 bits per heavy atom. The summed E-state index contributed by atoms with van der Waals surface area (Å²) in [6.07, 6.45) is 1.19. The molecule has 0 spiro atoms. The lowest BCUT2D eigenvalue weighted by molar-refractivity contribution is 0.0759. The van der Waals surface area contributed by atoms with Crippen LogP contribution in [0.2, 0.25) is 0 Å². The van der Waals surface area contributed by atoms with Crippen LogP contribution in [0.15, 0.2) is 54.6 Å². The number of methoxy groups -OCH3 is 1. The van der Waals surface area contributed by atoms with Gasteiger partial charge in [-0.3, -0.25) is 4.79 Å². The number of hydrogen-bond acceptors (Lipinski definition) is 4. The van der Waals surface area contributed by atoms with Gasteiger partial charge in [0.2, 0.25) is 10.0 Å². The largest absolute Gasteiger partial charge is 0.497 e. The second kappa shape index (κ2) is 8.16. The average Bonchev–Trinajstić information content (AvgIpc) is 2.88. The van der Waals surface area contributed by atoms with Gasteiger partial charge in [0.1, 0.15) is 5.75 Å². The number of amides is 1.